The smallest absolute Gasteiger partial charge is 0.422 e. The first-order valence-electron chi connectivity index (χ1n) is 3.39. The Labute approximate surface area is 91.2 Å². The van der Waals surface area contributed by atoms with E-state index >= 15 is 0 Å². The lowest BCUT2D eigenvalue weighted by Gasteiger charge is -2.09. The zero-order valence-electron chi connectivity index (χ0n) is 6.61. The summed E-state index contributed by atoms with van der Waals surface area (Å²) in [7, 11) is 0. The first-order chi connectivity index (χ1) is 6.38. The summed E-state index contributed by atoms with van der Waals surface area (Å²) < 4.78 is 40.2. The van der Waals surface area contributed by atoms with Crippen LogP contribution in [0, 0.1) is 0 Å². The van der Waals surface area contributed by atoms with Crippen molar-refractivity contribution in [2.75, 3.05) is 6.61 Å². The van der Waals surface area contributed by atoms with Crippen LogP contribution in [-0.4, -0.2) is 17.8 Å². The van der Waals surface area contributed by atoms with Crippen molar-refractivity contribution in [3.05, 3.63) is 21.8 Å². The molecule has 14 heavy (non-hydrogen) atoms. The van der Waals surface area contributed by atoms with Crippen molar-refractivity contribution < 1.29 is 17.9 Å². The van der Waals surface area contributed by atoms with Crippen LogP contribution >= 0.6 is 27.5 Å². The van der Waals surface area contributed by atoms with Crippen molar-refractivity contribution in [2.24, 2.45) is 0 Å². The van der Waals surface area contributed by atoms with Gasteiger partial charge in [0.25, 0.3) is 0 Å². The van der Waals surface area contributed by atoms with E-state index in [0.717, 1.165) is 0 Å². The van der Waals surface area contributed by atoms with Gasteiger partial charge in [-0.25, -0.2) is 4.98 Å². The van der Waals surface area contributed by atoms with Crippen LogP contribution in [0.1, 0.15) is 0 Å². The molecule has 0 aliphatic rings. The molecule has 2 nitrogen and oxygen atoms in total. The molecule has 0 unspecified atom stereocenters. The molecule has 7 heteroatoms. The van der Waals surface area contributed by atoms with E-state index in [4.69, 9.17) is 11.6 Å². The number of alkyl halides is 3. The maximum Gasteiger partial charge on any atom is 0.422 e. The quantitative estimate of drug-likeness (QED) is 0.832. The van der Waals surface area contributed by atoms with Crippen LogP contribution in [0.3, 0.4) is 0 Å². The first-order valence-corrected chi connectivity index (χ1v) is 4.56. The largest absolute Gasteiger partial charge is 0.467 e. The molecule has 78 valence electrons. The van der Waals surface area contributed by atoms with Gasteiger partial charge in [-0.15, -0.1) is 0 Å². The van der Waals surface area contributed by atoms with Gasteiger partial charge in [0.05, 0.1) is 0 Å². The average Bonchev–Trinajstić information content (AvgIpc) is 2.00. The average molecular weight is 290 g/mol. The van der Waals surface area contributed by atoms with E-state index in [1.54, 1.807) is 0 Å². The fourth-order valence-corrected chi connectivity index (χ4v) is 1.34. The molecule has 0 saturated carbocycles. The topological polar surface area (TPSA) is 22.1 Å². The highest BCUT2D eigenvalue weighted by Gasteiger charge is 2.29. The number of nitrogens with zero attached hydrogens (tertiary/aromatic N) is 1. The Morgan fingerprint density at radius 3 is 2.64 bits per heavy atom. The molecular formula is C7H4BrClF3NO. The Kier molecular flexibility index (Phi) is 3.60. The van der Waals surface area contributed by atoms with Gasteiger partial charge in [-0.3, -0.25) is 0 Å². The van der Waals surface area contributed by atoms with E-state index in [2.05, 4.69) is 25.7 Å². The zero-order chi connectivity index (χ0) is 10.8. The van der Waals surface area contributed by atoms with Gasteiger partial charge in [-0.05, 0) is 22.0 Å². The third kappa shape index (κ3) is 3.71. The molecule has 1 rings (SSSR count). The maximum atomic E-state index is 11.7. The van der Waals surface area contributed by atoms with Gasteiger partial charge in [0.1, 0.15) is 5.02 Å². The first kappa shape index (κ1) is 11.6. The lowest BCUT2D eigenvalue weighted by atomic mass is 10.5. The molecule has 0 amide bonds. The van der Waals surface area contributed by atoms with Crippen LogP contribution in [-0.2, 0) is 0 Å². The summed E-state index contributed by atoms with van der Waals surface area (Å²) in [6.07, 6.45) is -3.09. The normalized spacial score (nSPS) is 11.5. The third-order valence-electron chi connectivity index (χ3n) is 1.15. The van der Waals surface area contributed by atoms with Gasteiger partial charge in [-0.1, -0.05) is 11.6 Å². The van der Waals surface area contributed by atoms with Gasteiger partial charge in [0, 0.05) is 10.7 Å². The van der Waals surface area contributed by atoms with Crippen LogP contribution < -0.4 is 4.74 Å². The minimum absolute atomic E-state index is 0.0311. The van der Waals surface area contributed by atoms with Crippen molar-refractivity contribution in [2.45, 2.75) is 6.18 Å². The van der Waals surface area contributed by atoms with Crippen LogP contribution in [0.15, 0.2) is 16.7 Å². The minimum Gasteiger partial charge on any atom is -0.467 e. The molecule has 0 saturated heterocycles. The van der Waals surface area contributed by atoms with Gasteiger partial charge >= 0.3 is 6.18 Å². The number of pyridine rings is 1. The maximum absolute atomic E-state index is 11.7. The number of hydrogen-bond acceptors (Lipinski definition) is 2. The lowest BCUT2D eigenvalue weighted by molar-refractivity contribution is -0.154. The van der Waals surface area contributed by atoms with Crippen molar-refractivity contribution in [3.8, 4) is 5.88 Å². The Balaban J connectivity index is 2.68. The molecular weight excluding hydrogens is 286 g/mol. The molecule has 0 radical (unpaired) electrons. The highest BCUT2D eigenvalue weighted by atomic mass is 79.9. The highest BCUT2D eigenvalue weighted by molar-refractivity contribution is 9.10. The molecule has 0 N–H and O–H groups in total. The van der Waals surface area contributed by atoms with Crippen molar-refractivity contribution in [3.63, 3.8) is 0 Å². The van der Waals surface area contributed by atoms with Crippen molar-refractivity contribution >= 4 is 27.5 Å². The summed E-state index contributed by atoms with van der Waals surface area (Å²) in [5.41, 5.74) is 0. The Bertz CT molecular complexity index is 331. The molecule has 1 aromatic heterocycles. The predicted octanol–water partition coefficient (Wildman–Crippen LogP) is 3.44. The molecule has 0 aliphatic heterocycles. The van der Waals surface area contributed by atoms with Crippen molar-refractivity contribution in [1.82, 2.24) is 4.98 Å². The Morgan fingerprint density at radius 2 is 2.14 bits per heavy atom. The lowest BCUT2D eigenvalue weighted by Crippen LogP contribution is -2.19. The standard InChI is InChI=1S/C7H4BrClF3NO/c8-4-1-5(9)6(13-2-4)14-3-7(10,11)12/h1-2H,3H2. The second-order valence-corrected chi connectivity index (χ2v) is 3.67. The van der Waals surface area contributed by atoms with Gasteiger partial charge in [-0.2, -0.15) is 13.2 Å². The van der Waals surface area contributed by atoms with Gasteiger partial charge in [0.15, 0.2) is 6.61 Å². The van der Waals surface area contributed by atoms with Crippen LogP contribution in [0.2, 0.25) is 5.02 Å². The van der Waals surface area contributed by atoms with E-state index in [1.165, 1.54) is 12.3 Å². The zero-order valence-corrected chi connectivity index (χ0v) is 8.95. The fourth-order valence-electron chi connectivity index (χ4n) is 0.658. The molecule has 0 bridgehead atoms. The van der Waals surface area contributed by atoms with Crippen molar-refractivity contribution in [1.29, 1.82) is 0 Å². The van der Waals surface area contributed by atoms with Crippen LogP contribution in [0.5, 0.6) is 5.88 Å². The summed E-state index contributed by atoms with van der Waals surface area (Å²) in [5.74, 6) is -0.229. The van der Waals surface area contributed by atoms with Crippen LogP contribution in [0.4, 0.5) is 13.2 Å². The molecule has 1 aromatic rings. The molecule has 0 aliphatic carbocycles. The fraction of sp³-hybridized carbons (Fsp3) is 0.286. The predicted molar refractivity (Wildman–Crippen MR) is 48.5 cm³/mol. The number of rotatable bonds is 2. The van der Waals surface area contributed by atoms with E-state index in [1.807, 2.05) is 0 Å². The second kappa shape index (κ2) is 4.35. The van der Waals surface area contributed by atoms with Gasteiger partial charge < -0.3 is 4.74 Å². The number of aromatic nitrogens is 1. The highest BCUT2D eigenvalue weighted by Crippen LogP contribution is 2.26. The SMILES string of the molecule is FC(F)(F)COc1ncc(Br)cc1Cl. The third-order valence-corrected chi connectivity index (χ3v) is 1.85. The number of halogens is 5. The summed E-state index contributed by atoms with van der Waals surface area (Å²) in [5, 5.41) is 0.0311. The van der Waals surface area contributed by atoms with E-state index in [0.29, 0.717) is 4.47 Å². The second-order valence-electron chi connectivity index (χ2n) is 2.34. The molecule has 0 atom stereocenters. The Morgan fingerprint density at radius 1 is 1.50 bits per heavy atom. The van der Waals surface area contributed by atoms with Gasteiger partial charge in [0.2, 0.25) is 5.88 Å². The molecule has 0 spiro atoms. The van der Waals surface area contributed by atoms with Crippen LogP contribution in [0.25, 0.3) is 0 Å². The Hall–Kier alpha value is -0.490. The molecule has 0 fully saturated rings. The summed E-state index contributed by atoms with van der Waals surface area (Å²) in [6.45, 7) is -1.40. The van der Waals surface area contributed by atoms with E-state index in [9.17, 15) is 13.2 Å². The summed E-state index contributed by atoms with van der Waals surface area (Å²) >= 11 is 8.64. The van der Waals surface area contributed by atoms with E-state index in [-0.39, 0.29) is 10.9 Å². The minimum atomic E-state index is -4.39. The number of ether oxygens (including phenoxy) is 1. The summed E-state index contributed by atoms with van der Waals surface area (Å²) in [6, 6.07) is 1.40. The van der Waals surface area contributed by atoms with E-state index < -0.39 is 12.8 Å². The summed E-state index contributed by atoms with van der Waals surface area (Å²) in [4.78, 5) is 3.58. The number of hydrogen-bond donors (Lipinski definition) is 0. The molecule has 0 aromatic carbocycles. The molecule has 1 heterocycles. The monoisotopic (exact) mass is 289 g/mol.